The Morgan fingerprint density at radius 1 is 0.667 bits per heavy atom. The maximum absolute atomic E-state index is 12.7. The largest absolute Gasteiger partial charge is 0.467 e. The third-order valence-corrected chi connectivity index (χ3v) is 6.73. The Hall–Kier alpha value is -4.84. The third-order valence-electron chi connectivity index (χ3n) is 6.73. The lowest BCUT2D eigenvalue weighted by molar-refractivity contribution is -0.145. The number of nitrogen functional groups attached to an aromatic ring is 2. The molecule has 2 unspecified atom stereocenters. The Kier molecular flexibility index (Phi) is 18.5. The van der Waals surface area contributed by atoms with Gasteiger partial charge in [-0.2, -0.15) is 56.2 Å². The molecule has 2 aromatic carbocycles. The second-order valence-corrected chi connectivity index (χ2v) is 10.5. The fraction of sp³-hybridized carbons (Fsp3) is 0.455. The van der Waals surface area contributed by atoms with Crippen molar-refractivity contribution >= 4 is 17.8 Å². The van der Waals surface area contributed by atoms with Crippen LogP contribution >= 0.6 is 0 Å². The summed E-state index contributed by atoms with van der Waals surface area (Å²) >= 11 is 0. The molecule has 18 heteroatoms. The first-order valence-corrected chi connectivity index (χ1v) is 16.0. The molecule has 0 aliphatic heterocycles. The van der Waals surface area contributed by atoms with Crippen LogP contribution in [0.25, 0.3) is 0 Å². The molecule has 51 heavy (non-hydrogen) atoms. The number of aryl methyl sites for hydroxylation is 2. The highest BCUT2D eigenvalue weighted by Gasteiger charge is 2.36. The fourth-order valence-corrected chi connectivity index (χ4v) is 3.97. The van der Waals surface area contributed by atoms with E-state index in [1.54, 1.807) is 6.92 Å². The zero-order valence-corrected chi connectivity index (χ0v) is 29.3. The zero-order chi connectivity index (χ0) is 38.8. The predicted molar refractivity (Wildman–Crippen MR) is 183 cm³/mol. The van der Waals surface area contributed by atoms with Gasteiger partial charge in [-0.25, -0.2) is 0 Å². The molecule has 0 aliphatic carbocycles. The van der Waals surface area contributed by atoms with E-state index in [4.69, 9.17) is 22.3 Å². The summed E-state index contributed by atoms with van der Waals surface area (Å²) in [6, 6.07) is 16.0. The van der Waals surface area contributed by atoms with Crippen LogP contribution < -0.4 is 27.3 Å². The Labute approximate surface area is 293 Å². The number of alkyl halides is 6. The lowest BCUT2D eigenvalue weighted by Crippen LogP contribution is -2.18. The van der Waals surface area contributed by atoms with Gasteiger partial charge in [0, 0.05) is 12.6 Å². The number of halogens is 6. The van der Waals surface area contributed by atoms with E-state index in [9.17, 15) is 26.3 Å². The number of aliphatic hydroxyl groups excluding tert-OH is 1. The predicted octanol–water partition coefficient (Wildman–Crippen LogP) is 6.74. The van der Waals surface area contributed by atoms with E-state index in [1.165, 1.54) is 16.7 Å². The van der Waals surface area contributed by atoms with Crippen molar-refractivity contribution in [2.45, 2.75) is 84.7 Å². The van der Waals surface area contributed by atoms with Crippen molar-refractivity contribution in [2.75, 3.05) is 30.5 Å². The Balaban J connectivity index is 0.000000395. The maximum atomic E-state index is 12.7. The summed E-state index contributed by atoms with van der Waals surface area (Å²) in [6.07, 6.45) is -5.64. The molecule has 0 bridgehead atoms. The normalized spacial score (nSPS) is 12.1. The van der Waals surface area contributed by atoms with Gasteiger partial charge in [-0.05, 0) is 54.9 Å². The molecule has 282 valence electrons. The molecule has 8 N–H and O–H groups in total. The van der Waals surface area contributed by atoms with Crippen LogP contribution in [0.5, 0.6) is 6.01 Å². The number of nitrogens with zero attached hydrogens (tertiary/aromatic N) is 6. The number of hydrogen-bond donors (Lipinski definition) is 5. The molecule has 2 heterocycles. The van der Waals surface area contributed by atoms with E-state index in [-0.39, 0.29) is 24.6 Å². The molecule has 0 saturated heterocycles. The van der Waals surface area contributed by atoms with Gasteiger partial charge in [-0.3, -0.25) is 0 Å². The van der Waals surface area contributed by atoms with Gasteiger partial charge < -0.3 is 32.4 Å². The monoisotopic (exact) mass is 728 g/mol. The van der Waals surface area contributed by atoms with Crippen molar-refractivity contribution in [3.8, 4) is 6.01 Å². The summed E-state index contributed by atoms with van der Waals surface area (Å²) in [5, 5.41) is 10.5. The van der Waals surface area contributed by atoms with Crippen LogP contribution in [0.15, 0.2) is 48.5 Å². The molecule has 0 saturated carbocycles. The highest BCUT2D eigenvalue weighted by atomic mass is 19.4. The summed E-state index contributed by atoms with van der Waals surface area (Å²) in [4.78, 5) is 19.5. The number of methoxy groups -OCH3 is 1. The summed E-state index contributed by atoms with van der Waals surface area (Å²) in [7, 11) is 1.13. The van der Waals surface area contributed by atoms with Gasteiger partial charge in [-0.15, -0.1) is 0 Å². The van der Waals surface area contributed by atoms with E-state index in [1.807, 2.05) is 31.2 Å². The van der Waals surface area contributed by atoms with Gasteiger partial charge in [0.15, 0.2) is 0 Å². The molecule has 2 aromatic heterocycles. The number of rotatable bonds is 9. The van der Waals surface area contributed by atoms with Crippen molar-refractivity contribution < 1.29 is 36.2 Å². The number of nitrogens with one attached hydrogen (secondary N) is 1. The number of aromatic nitrogens is 6. The number of aliphatic hydroxyl groups is 1. The van der Waals surface area contributed by atoms with Gasteiger partial charge >= 0.3 is 18.4 Å². The van der Waals surface area contributed by atoms with Gasteiger partial charge in [0.25, 0.3) is 0 Å². The van der Waals surface area contributed by atoms with E-state index in [0.29, 0.717) is 6.42 Å². The van der Waals surface area contributed by atoms with E-state index in [0.717, 1.165) is 31.9 Å². The van der Waals surface area contributed by atoms with E-state index < -0.39 is 41.9 Å². The average molecular weight is 729 g/mol. The smallest absolute Gasteiger partial charge is 0.451 e. The summed E-state index contributed by atoms with van der Waals surface area (Å²) in [5.74, 6) is -3.85. The number of nitrogens with two attached hydrogens (primary N) is 3. The molecule has 12 nitrogen and oxygen atoms in total. The molecule has 4 rings (SSSR count). The second kappa shape index (κ2) is 21.4. The van der Waals surface area contributed by atoms with Crippen LogP contribution in [0, 0.1) is 0 Å². The lowest BCUT2D eigenvalue weighted by atomic mass is 10.0. The third kappa shape index (κ3) is 15.7. The van der Waals surface area contributed by atoms with Gasteiger partial charge in [0.2, 0.25) is 29.5 Å². The Morgan fingerprint density at radius 2 is 1.10 bits per heavy atom. The van der Waals surface area contributed by atoms with Crippen LogP contribution in [0.4, 0.5) is 44.2 Å². The second-order valence-electron chi connectivity index (χ2n) is 10.5. The fourth-order valence-electron chi connectivity index (χ4n) is 3.97. The first kappa shape index (κ1) is 44.2. The van der Waals surface area contributed by atoms with Crippen LogP contribution in [-0.4, -0.2) is 48.7 Å². The average Bonchev–Trinajstić information content (AvgIpc) is 3.10. The maximum Gasteiger partial charge on any atom is 0.451 e. The molecule has 0 spiro atoms. The Bertz CT molecular complexity index is 1570. The van der Waals surface area contributed by atoms with Crippen molar-refractivity contribution in [3.05, 3.63) is 82.4 Å². The number of ether oxygens (including phenoxy) is 1. The number of benzene rings is 2. The molecule has 0 amide bonds. The summed E-state index contributed by atoms with van der Waals surface area (Å²) in [6.45, 7) is 10.2. The van der Waals surface area contributed by atoms with Crippen LogP contribution in [-0.2, 0) is 25.2 Å². The van der Waals surface area contributed by atoms with Crippen LogP contribution in [0.2, 0.25) is 0 Å². The van der Waals surface area contributed by atoms with Crippen LogP contribution in [0.1, 0.15) is 93.4 Å². The standard InChI is InChI=1S/C15H18F3N5.C11H17N.C5H5F3N4O.C2H6O/c1-3-9-5-7-10(8-6-9)11(4-2)20-14-22-12(15(16,17)18)21-13(19)23-14;1-3-9-5-7-10(8-6-9)11(12)4-2;1-13-4-11-2(5(6,7)8)10-3(9)12-4;1-2-3/h5-8,11H,3-4H2,1-2H3,(H3,19,20,21,22,23);5-8,11H,3-4,12H2,1-2H3;1H3,(H2,9,10,11,12);3H,2H2,1H3. The molecular formula is C33H46F6N10O2. The number of hydrogen-bond acceptors (Lipinski definition) is 12. The quantitative estimate of drug-likeness (QED) is 0.114. The van der Waals surface area contributed by atoms with Crippen molar-refractivity contribution in [1.29, 1.82) is 0 Å². The molecule has 4 aromatic rings. The first-order valence-electron chi connectivity index (χ1n) is 16.0. The topological polar surface area (TPSA) is 197 Å². The zero-order valence-electron chi connectivity index (χ0n) is 29.3. The minimum absolute atomic E-state index is 0.184. The molecule has 0 aliphatic rings. The highest BCUT2D eigenvalue weighted by Crippen LogP contribution is 2.29. The van der Waals surface area contributed by atoms with Crippen LogP contribution in [0.3, 0.4) is 0 Å². The number of anilines is 3. The molecule has 2 atom stereocenters. The Morgan fingerprint density at radius 3 is 1.49 bits per heavy atom. The minimum atomic E-state index is -4.67. The van der Waals surface area contributed by atoms with Gasteiger partial charge in [0.1, 0.15) is 0 Å². The highest BCUT2D eigenvalue weighted by molar-refractivity contribution is 5.36. The first-order chi connectivity index (χ1) is 23.9. The summed E-state index contributed by atoms with van der Waals surface area (Å²) in [5.41, 5.74) is 21.0. The minimum Gasteiger partial charge on any atom is -0.467 e. The summed E-state index contributed by atoms with van der Waals surface area (Å²) < 4.78 is 78.7. The SMILES string of the molecule is CCO.CCc1ccc(C(CC)Nc2nc(N)nc(C(F)(F)F)n2)cc1.CCc1ccc(C(N)CC)cc1.COc1nc(N)nc(C(F)(F)F)n1. The molecular weight excluding hydrogens is 682 g/mol. The van der Waals surface area contributed by atoms with E-state index in [2.05, 4.69) is 85.0 Å². The molecule has 0 radical (unpaired) electrons. The lowest BCUT2D eigenvalue weighted by Gasteiger charge is -2.18. The molecule has 0 fully saturated rings. The van der Waals surface area contributed by atoms with E-state index >= 15 is 0 Å². The van der Waals surface area contributed by atoms with Gasteiger partial charge in [-0.1, -0.05) is 76.2 Å². The van der Waals surface area contributed by atoms with Crippen molar-refractivity contribution in [3.63, 3.8) is 0 Å². The van der Waals surface area contributed by atoms with Gasteiger partial charge in [0.05, 0.1) is 13.2 Å². The van der Waals surface area contributed by atoms with Crippen molar-refractivity contribution in [1.82, 2.24) is 29.9 Å². The van der Waals surface area contributed by atoms with Crippen molar-refractivity contribution in [2.24, 2.45) is 5.73 Å².